The van der Waals surface area contributed by atoms with Gasteiger partial charge < -0.3 is 14.5 Å². The Balaban J connectivity index is 1.54. The van der Waals surface area contributed by atoms with Crippen LogP contribution >= 0.6 is 0 Å². The molecule has 1 aromatic carbocycles. The highest BCUT2D eigenvalue weighted by atomic mass is 16.5. The van der Waals surface area contributed by atoms with Crippen molar-refractivity contribution in [3.05, 3.63) is 60.2 Å². The molecule has 26 heavy (non-hydrogen) atoms. The molecule has 2 saturated heterocycles. The molecule has 7 nitrogen and oxygen atoms in total. The summed E-state index contributed by atoms with van der Waals surface area (Å²) in [5, 5.41) is 0. The van der Waals surface area contributed by atoms with Crippen LogP contribution in [-0.2, 0) is 16.1 Å². The van der Waals surface area contributed by atoms with Gasteiger partial charge in [0.05, 0.1) is 31.4 Å². The molecule has 0 radical (unpaired) electrons. The Morgan fingerprint density at radius 3 is 2.81 bits per heavy atom. The number of likely N-dealkylation sites (tertiary alicyclic amines) is 1. The van der Waals surface area contributed by atoms with Crippen LogP contribution in [0.25, 0.3) is 0 Å². The smallest absolute Gasteiger partial charge is 0.274 e. The van der Waals surface area contributed by atoms with Gasteiger partial charge in [0.15, 0.2) is 0 Å². The molecule has 4 rings (SSSR count). The van der Waals surface area contributed by atoms with Crippen LogP contribution in [0.4, 0.5) is 0 Å². The molecule has 0 saturated carbocycles. The molecule has 2 aliphatic heterocycles. The average molecular weight is 352 g/mol. The number of aromatic nitrogens is 2. The van der Waals surface area contributed by atoms with Crippen molar-refractivity contribution >= 4 is 11.8 Å². The number of amides is 2. The molecule has 2 atom stereocenters. The predicted molar refractivity (Wildman–Crippen MR) is 93.1 cm³/mol. The third-order valence-corrected chi connectivity index (χ3v) is 4.87. The van der Waals surface area contributed by atoms with Crippen molar-refractivity contribution in [3.63, 3.8) is 0 Å². The van der Waals surface area contributed by atoms with Gasteiger partial charge in [0.1, 0.15) is 5.69 Å². The Bertz CT molecular complexity index is 784. The van der Waals surface area contributed by atoms with E-state index in [4.69, 9.17) is 4.74 Å². The van der Waals surface area contributed by atoms with Crippen LogP contribution < -0.4 is 0 Å². The number of carbonyl (C=O) groups is 2. The first-order valence-electron chi connectivity index (χ1n) is 8.72. The van der Waals surface area contributed by atoms with Crippen molar-refractivity contribution in [2.45, 2.75) is 25.1 Å². The molecular formula is C19H20N4O3. The first-order chi connectivity index (χ1) is 12.7. The van der Waals surface area contributed by atoms with E-state index in [0.29, 0.717) is 38.4 Å². The standard InChI is InChI=1S/C19H20N4O3/c24-18-6-9-26-17-13-22(19(25)15-10-20-7-8-21-15)12-16(17)23(18)11-14-4-2-1-3-5-14/h1-5,7-8,10,16-17H,6,9,11-13H2/t16-,17-/m0/s1. The monoisotopic (exact) mass is 352 g/mol. The summed E-state index contributed by atoms with van der Waals surface area (Å²) in [6, 6.07) is 9.74. The van der Waals surface area contributed by atoms with Gasteiger partial charge in [-0.3, -0.25) is 14.6 Å². The summed E-state index contributed by atoms with van der Waals surface area (Å²) in [6.07, 6.45) is 4.70. The fourth-order valence-electron chi connectivity index (χ4n) is 3.57. The molecule has 0 aliphatic carbocycles. The number of fused-ring (bicyclic) bond motifs is 1. The zero-order valence-electron chi connectivity index (χ0n) is 14.3. The van der Waals surface area contributed by atoms with Crippen LogP contribution in [0.5, 0.6) is 0 Å². The first kappa shape index (κ1) is 16.7. The molecule has 2 aromatic rings. The second kappa shape index (κ2) is 7.21. The number of benzene rings is 1. The van der Waals surface area contributed by atoms with Gasteiger partial charge in [0, 0.05) is 32.0 Å². The molecule has 0 N–H and O–H groups in total. The molecule has 0 bridgehead atoms. The molecule has 1 aromatic heterocycles. The average Bonchev–Trinajstić information content (AvgIpc) is 3.05. The zero-order chi connectivity index (χ0) is 17.9. The van der Waals surface area contributed by atoms with E-state index >= 15 is 0 Å². The van der Waals surface area contributed by atoms with Gasteiger partial charge in [-0.2, -0.15) is 0 Å². The summed E-state index contributed by atoms with van der Waals surface area (Å²) < 4.78 is 5.89. The number of hydrogen-bond donors (Lipinski definition) is 0. The second-order valence-electron chi connectivity index (χ2n) is 6.53. The van der Waals surface area contributed by atoms with Crippen molar-refractivity contribution in [2.24, 2.45) is 0 Å². The normalized spacial score (nSPS) is 22.8. The van der Waals surface area contributed by atoms with E-state index in [-0.39, 0.29) is 24.0 Å². The molecule has 2 fully saturated rings. The van der Waals surface area contributed by atoms with Gasteiger partial charge in [-0.1, -0.05) is 30.3 Å². The highest BCUT2D eigenvalue weighted by Gasteiger charge is 2.43. The number of rotatable bonds is 3. The van der Waals surface area contributed by atoms with Crippen LogP contribution in [0.15, 0.2) is 48.9 Å². The third kappa shape index (κ3) is 3.30. The molecular weight excluding hydrogens is 332 g/mol. The minimum atomic E-state index is -0.179. The van der Waals surface area contributed by atoms with Crippen LogP contribution in [-0.4, -0.2) is 63.4 Å². The van der Waals surface area contributed by atoms with Crippen LogP contribution in [0.3, 0.4) is 0 Å². The van der Waals surface area contributed by atoms with Gasteiger partial charge in [0.25, 0.3) is 5.91 Å². The summed E-state index contributed by atoms with van der Waals surface area (Å²) in [5.41, 5.74) is 1.38. The van der Waals surface area contributed by atoms with Crippen LogP contribution in [0.2, 0.25) is 0 Å². The number of nitrogens with zero attached hydrogens (tertiary/aromatic N) is 4. The largest absolute Gasteiger partial charge is 0.374 e. The lowest BCUT2D eigenvalue weighted by Crippen LogP contribution is -2.45. The van der Waals surface area contributed by atoms with Crippen molar-refractivity contribution in [3.8, 4) is 0 Å². The van der Waals surface area contributed by atoms with E-state index in [1.54, 1.807) is 4.90 Å². The molecule has 7 heteroatoms. The Morgan fingerprint density at radius 2 is 2.04 bits per heavy atom. The van der Waals surface area contributed by atoms with Crippen molar-refractivity contribution < 1.29 is 14.3 Å². The van der Waals surface area contributed by atoms with E-state index in [2.05, 4.69) is 9.97 Å². The zero-order valence-corrected chi connectivity index (χ0v) is 14.3. The first-order valence-corrected chi connectivity index (χ1v) is 8.72. The highest BCUT2D eigenvalue weighted by molar-refractivity contribution is 5.92. The van der Waals surface area contributed by atoms with E-state index in [0.717, 1.165) is 5.56 Å². The lowest BCUT2D eigenvalue weighted by Gasteiger charge is -2.29. The summed E-state index contributed by atoms with van der Waals surface area (Å²) in [5.74, 6) is -0.114. The molecule has 2 amide bonds. The Kier molecular flexibility index (Phi) is 4.62. The van der Waals surface area contributed by atoms with Crippen molar-refractivity contribution in [2.75, 3.05) is 19.7 Å². The summed E-state index contributed by atoms with van der Waals surface area (Å²) in [7, 11) is 0. The van der Waals surface area contributed by atoms with Gasteiger partial charge in [0.2, 0.25) is 5.91 Å². The SMILES string of the molecule is O=C(c1cnccn1)N1C[C@@H]2OCCC(=O)N(Cc3ccccc3)[C@H]2C1. The summed E-state index contributed by atoms with van der Waals surface area (Å²) in [6.45, 7) is 1.81. The molecule has 0 spiro atoms. The topological polar surface area (TPSA) is 75.6 Å². The van der Waals surface area contributed by atoms with Gasteiger partial charge in [-0.05, 0) is 5.56 Å². The lowest BCUT2D eigenvalue weighted by atomic mass is 10.1. The Hall–Kier alpha value is -2.80. The maximum absolute atomic E-state index is 12.7. The van der Waals surface area contributed by atoms with Gasteiger partial charge in [-0.25, -0.2) is 4.98 Å². The number of carbonyl (C=O) groups excluding carboxylic acids is 2. The maximum atomic E-state index is 12.7. The fraction of sp³-hybridized carbons (Fsp3) is 0.368. The summed E-state index contributed by atoms with van der Waals surface area (Å²) in [4.78, 5) is 36.9. The predicted octanol–water partition coefficient (Wildman–Crippen LogP) is 1.12. The molecule has 2 aliphatic rings. The van der Waals surface area contributed by atoms with Crippen molar-refractivity contribution in [1.29, 1.82) is 0 Å². The highest BCUT2D eigenvalue weighted by Crippen LogP contribution is 2.25. The van der Waals surface area contributed by atoms with Gasteiger partial charge in [-0.15, -0.1) is 0 Å². The maximum Gasteiger partial charge on any atom is 0.274 e. The van der Waals surface area contributed by atoms with E-state index < -0.39 is 0 Å². The third-order valence-electron chi connectivity index (χ3n) is 4.87. The number of ether oxygens (including phenoxy) is 1. The van der Waals surface area contributed by atoms with E-state index in [9.17, 15) is 9.59 Å². The van der Waals surface area contributed by atoms with E-state index in [1.165, 1.54) is 18.6 Å². The van der Waals surface area contributed by atoms with Crippen LogP contribution in [0, 0.1) is 0 Å². The fourth-order valence-corrected chi connectivity index (χ4v) is 3.57. The quantitative estimate of drug-likeness (QED) is 0.827. The van der Waals surface area contributed by atoms with E-state index in [1.807, 2.05) is 35.2 Å². The molecule has 0 unspecified atom stereocenters. The lowest BCUT2D eigenvalue weighted by molar-refractivity contribution is -0.133. The minimum absolute atomic E-state index is 0.0650. The van der Waals surface area contributed by atoms with Crippen LogP contribution in [0.1, 0.15) is 22.5 Å². The number of hydrogen-bond acceptors (Lipinski definition) is 5. The van der Waals surface area contributed by atoms with Gasteiger partial charge >= 0.3 is 0 Å². The second-order valence-corrected chi connectivity index (χ2v) is 6.53. The molecule has 134 valence electrons. The summed E-state index contributed by atoms with van der Waals surface area (Å²) >= 11 is 0. The Morgan fingerprint density at radius 1 is 1.19 bits per heavy atom. The molecule has 3 heterocycles. The minimum Gasteiger partial charge on any atom is -0.374 e. The van der Waals surface area contributed by atoms with Crippen molar-refractivity contribution in [1.82, 2.24) is 19.8 Å². The Labute approximate surface area is 151 Å².